The molecule has 0 nitrogen and oxygen atoms in total. The van der Waals surface area contributed by atoms with Gasteiger partial charge in [0.15, 0.2) is 0 Å². The summed E-state index contributed by atoms with van der Waals surface area (Å²) in [6, 6.07) is 6.83. The maximum Gasteiger partial charge on any atom is 0.0188 e. The van der Waals surface area contributed by atoms with E-state index in [1.165, 1.54) is 68.1 Å². The van der Waals surface area contributed by atoms with Gasteiger partial charge >= 0.3 is 0 Å². The molecule has 0 spiro atoms. The standard InChI is InChI=1S/C18H27Br/c1-14-9-10-15(2)17(11-14)13-18(19)12-16-7-5-3-4-6-8-16/h9-11,16,18H,3-8,12-13H2,1-2H3. The third-order valence-electron chi connectivity index (χ3n) is 4.51. The molecular formula is C18H27Br. The second kappa shape index (κ2) is 7.47. The number of halogens is 1. The van der Waals surface area contributed by atoms with Crippen molar-refractivity contribution < 1.29 is 0 Å². The van der Waals surface area contributed by atoms with Crippen molar-refractivity contribution in [2.45, 2.75) is 70.0 Å². The highest BCUT2D eigenvalue weighted by atomic mass is 79.9. The minimum atomic E-state index is 0.649. The Kier molecular flexibility index (Phi) is 5.94. The molecule has 1 aromatic rings. The molecule has 0 amide bonds. The topological polar surface area (TPSA) is 0 Å². The van der Waals surface area contributed by atoms with Gasteiger partial charge in [-0.3, -0.25) is 0 Å². The number of rotatable bonds is 4. The summed E-state index contributed by atoms with van der Waals surface area (Å²) in [4.78, 5) is 0.649. The monoisotopic (exact) mass is 322 g/mol. The summed E-state index contributed by atoms with van der Waals surface area (Å²) in [5.41, 5.74) is 4.35. The minimum absolute atomic E-state index is 0.649. The van der Waals surface area contributed by atoms with Gasteiger partial charge in [0.05, 0.1) is 0 Å². The van der Waals surface area contributed by atoms with Crippen LogP contribution in [0.3, 0.4) is 0 Å². The zero-order valence-electron chi connectivity index (χ0n) is 12.4. The van der Waals surface area contributed by atoms with Gasteiger partial charge in [-0.25, -0.2) is 0 Å². The zero-order chi connectivity index (χ0) is 13.7. The summed E-state index contributed by atoms with van der Waals surface area (Å²) in [5.74, 6) is 0.956. The highest BCUT2D eigenvalue weighted by Crippen LogP contribution is 2.30. The summed E-state index contributed by atoms with van der Waals surface area (Å²) in [5, 5.41) is 0. The molecule has 0 aliphatic heterocycles. The Morgan fingerprint density at radius 2 is 1.79 bits per heavy atom. The molecule has 1 aromatic carbocycles. The van der Waals surface area contributed by atoms with E-state index in [0.717, 1.165) is 5.92 Å². The first-order chi connectivity index (χ1) is 9.15. The van der Waals surface area contributed by atoms with Gasteiger partial charge < -0.3 is 0 Å². The number of hydrogen-bond acceptors (Lipinski definition) is 0. The predicted octanol–water partition coefficient (Wildman–Crippen LogP) is 5.97. The SMILES string of the molecule is Cc1ccc(C)c(CC(Br)CC2CCCCCC2)c1. The quantitative estimate of drug-likeness (QED) is 0.473. The first-order valence-corrected chi connectivity index (χ1v) is 8.77. The van der Waals surface area contributed by atoms with Crippen LogP contribution in [0, 0.1) is 19.8 Å². The van der Waals surface area contributed by atoms with E-state index in [1.54, 1.807) is 0 Å². The molecule has 1 fully saturated rings. The highest BCUT2D eigenvalue weighted by molar-refractivity contribution is 9.09. The van der Waals surface area contributed by atoms with Crippen molar-refractivity contribution in [1.29, 1.82) is 0 Å². The molecule has 1 heteroatoms. The Labute approximate surface area is 127 Å². The van der Waals surface area contributed by atoms with E-state index in [0.29, 0.717) is 4.83 Å². The third-order valence-corrected chi connectivity index (χ3v) is 5.21. The normalized spacial score (nSPS) is 19.1. The molecule has 0 radical (unpaired) electrons. The molecule has 19 heavy (non-hydrogen) atoms. The molecule has 1 unspecified atom stereocenters. The second-order valence-electron chi connectivity index (χ2n) is 6.32. The molecule has 0 bridgehead atoms. The van der Waals surface area contributed by atoms with E-state index in [4.69, 9.17) is 0 Å². The average Bonchev–Trinajstić information content (AvgIpc) is 2.62. The predicted molar refractivity (Wildman–Crippen MR) is 88.1 cm³/mol. The van der Waals surface area contributed by atoms with Crippen LogP contribution in [0.2, 0.25) is 0 Å². The summed E-state index contributed by atoms with van der Waals surface area (Å²) in [6.07, 6.45) is 11.3. The fourth-order valence-electron chi connectivity index (χ4n) is 3.30. The molecule has 1 aliphatic rings. The van der Waals surface area contributed by atoms with Crippen molar-refractivity contribution in [2.75, 3.05) is 0 Å². The Morgan fingerprint density at radius 1 is 1.11 bits per heavy atom. The molecule has 2 rings (SSSR count). The fraction of sp³-hybridized carbons (Fsp3) is 0.667. The van der Waals surface area contributed by atoms with E-state index in [2.05, 4.69) is 48.0 Å². The number of hydrogen-bond donors (Lipinski definition) is 0. The molecule has 0 N–H and O–H groups in total. The lowest BCUT2D eigenvalue weighted by molar-refractivity contribution is 0.423. The Bertz CT molecular complexity index is 389. The summed E-state index contributed by atoms with van der Waals surface area (Å²) in [6.45, 7) is 4.43. The maximum absolute atomic E-state index is 3.93. The van der Waals surface area contributed by atoms with Crippen LogP contribution in [-0.2, 0) is 6.42 Å². The Balaban J connectivity index is 1.89. The lowest BCUT2D eigenvalue weighted by atomic mass is 9.92. The summed E-state index contributed by atoms with van der Waals surface area (Å²) in [7, 11) is 0. The van der Waals surface area contributed by atoms with Crippen LogP contribution in [0.25, 0.3) is 0 Å². The first kappa shape index (κ1) is 15.1. The van der Waals surface area contributed by atoms with Crippen molar-refractivity contribution in [3.63, 3.8) is 0 Å². The van der Waals surface area contributed by atoms with Crippen molar-refractivity contribution in [3.05, 3.63) is 34.9 Å². The Hall–Kier alpha value is -0.300. The van der Waals surface area contributed by atoms with Gasteiger partial charge in [-0.1, -0.05) is 78.2 Å². The minimum Gasteiger partial charge on any atom is -0.0887 e. The molecule has 106 valence electrons. The van der Waals surface area contributed by atoms with Crippen LogP contribution in [0.15, 0.2) is 18.2 Å². The largest absolute Gasteiger partial charge is 0.0887 e. The molecular weight excluding hydrogens is 296 g/mol. The van der Waals surface area contributed by atoms with E-state index < -0.39 is 0 Å². The molecule has 0 aromatic heterocycles. The lowest BCUT2D eigenvalue weighted by Crippen LogP contribution is -2.11. The van der Waals surface area contributed by atoms with Crippen molar-refractivity contribution in [3.8, 4) is 0 Å². The van der Waals surface area contributed by atoms with Gasteiger partial charge in [-0.2, -0.15) is 0 Å². The summed E-state index contributed by atoms with van der Waals surface area (Å²) >= 11 is 3.93. The smallest absolute Gasteiger partial charge is 0.0188 e. The van der Waals surface area contributed by atoms with E-state index >= 15 is 0 Å². The average molecular weight is 323 g/mol. The molecule has 0 heterocycles. The highest BCUT2D eigenvalue weighted by Gasteiger charge is 2.17. The van der Waals surface area contributed by atoms with E-state index in [-0.39, 0.29) is 0 Å². The van der Waals surface area contributed by atoms with Crippen LogP contribution in [0.1, 0.15) is 61.6 Å². The zero-order valence-corrected chi connectivity index (χ0v) is 14.0. The van der Waals surface area contributed by atoms with Crippen LogP contribution >= 0.6 is 15.9 Å². The van der Waals surface area contributed by atoms with Crippen molar-refractivity contribution in [1.82, 2.24) is 0 Å². The van der Waals surface area contributed by atoms with Crippen molar-refractivity contribution >= 4 is 15.9 Å². The van der Waals surface area contributed by atoms with E-state index in [9.17, 15) is 0 Å². The fourth-order valence-corrected chi connectivity index (χ4v) is 4.18. The molecule has 1 aliphatic carbocycles. The maximum atomic E-state index is 3.93. The van der Waals surface area contributed by atoms with Crippen molar-refractivity contribution in [2.24, 2.45) is 5.92 Å². The van der Waals surface area contributed by atoms with Crippen LogP contribution in [0.5, 0.6) is 0 Å². The number of aryl methyl sites for hydroxylation is 2. The van der Waals surface area contributed by atoms with Gasteiger partial charge in [0, 0.05) is 4.83 Å². The van der Waals surface area contributed by atoms with Gasteiger partial charge in [0.1, 0.15) is 0 Å². The van der Waals surface area contributed by atoms with Crippen LogP contribution < -0.4 is 0 Å². The molecule has 1 atom stereocenters. The number of benzene rings is 1. The Morgan fingerprint density at radius 3 is 2.47 bits per heavy atom. The molecule has 1 saturated carbocycles. The second-order valence-corrected chi connectivity index (χ2v) is 7.62. The van der Waals surface area contributed by atoms with Crippen LogP contribution in [0.4, 0.5) is 0 Å². The number of alkyl halides is 1. The summed E-state index contributed by atoms with van der Waals surface area (Å²) < 4.78 is 0. The lowest BCUT2D eigenvalue weighted by Gasteiger charge is -2.19. The van der Waals surface area contributed by atoms with Crippen LogP contribution in [-0.4, -0.2) is 4.83 Å². The van der Waals surface area contributed by atoms with Gasteiger partial charge in [0.25, 0.3) is 0 Å². The van der Waals surface area contributed by atoms with E-state index in [1.807, 2.05) is 0 Å². The van der Waals surface area contributed by atoms with Gasteiger partial charge in [-0.15, -0.1) is 0 Å². The third kappa shape index (κ3) is 4.95. The first-order valence-electron chi connectivity index (χ1n) is 7.85. The van der Waals surface area contributed by atoms with Gasteiger partial charge in [-0.05, 0) is 43.7 Å². The molecule has 0 saturated heterocycles. The van der Waals surface area contributed by atoms with Gasteiger partial charge in [0.2, 0.25) is 0 Å².